The van der Waals surface area contributed by atoms with Crippen LogP contribution in [0.5, 0.6) is 5.75 Å². The quantitative estimate of drug-likeness (QED) is 0.785. The largest absolute Gasteiger partial charge is 0.550 e. The number of anilines is 1. The molecule has 1 aromatic carbocycles. The summed E-state index contributed by atoms with van der Waals surface area (Å²) >= 11 is 0. The van der Waals surface area contributed by atoms with Gasteiger partial charge in [0.15, 0.2) is 0 Å². The second-order valence-corrected chi connectivity index (χ2v) is 5.04. The van der Waals surface area contributed by atoms with E-state index in [1.807, 2.05) is 0 Å². The molecular weight excluding hydrogens is 274 g/mol. The van der Waals surface area contributed by atoms with Crippen LogP contribution in [0.15, 0.2) is 36.4 Å². The molecule has 1 saturated heterocycles. The van der Waals surface area contributed by atoms with Crippen molar-refractivity contribution < 1.29 is 24.2 Å². The summed E-state index contributed by atoms with van der Waals surface area (Å²) in [5, 5.41) is 13.9. The van der Waals surface area contributed by atoms with E-state index >= 15 is 0 Å². The van der Waals surface area contributed by atoms with Crippen molar-refractivity contribution in [2.24, 2.45) is 11.8 Å². The minimum Gasteiger partial charge on any atom is -0.550 e. The maximum absolute atomic E-state index is 12.3. The Morgan fingerprint density at radius 3 is 2.33 bits per heavy atom. The number of methoxy groups -OCH3 is 1. The van der Waals surface area contributed by atoms with E-state index in [0.717, 1.165) is 0 Å². The molecule has 0 aromatic heterocycles. The second-order valence-electron chi connectivity index (χ2n) is 5.04. The third-order valence-corrected chi connectivity index (χ3v) is 3.83. The Morgan fingerprint density at radius 2 is 1.76 bits per heavy atom. The third kappa shape index (κ3) is 2.38. The zero-order chi connectivity index (χ0) is 15.0. The molecule has 2 heterocycles. The fraction of sp³-hybridized carbons (Fsp3) is 0.333. The average Bonchev–Trinajstić information content (AvgIpc) is 3.08. The molecule has 2 bridgehead atoms. The molecule has 1 N–H and O–H groups in total. The monoisotopic (exact) mass is 288 g/mol. The minimum absolute atomic E-state index is 0.383. The maximum atomic E-state index is 12.3. The van der Waals surface area contributed by atoms with Crippen molar-refractivity contribution in [1.82, 2.24) is 0 Å². The van der Waals surface area contributed by atoms with Gasteiger partial charge in [-0.2, -0.15) is 0 Å². The number of nitrogens with one attached hydrogen (secondary N) is 1. The number of amides is 1. The van der Waals surface area contributed by atoms with Gasteiger partial charge >= 0.3 is 0 Å². The Hall–Kier alpha value is -2.34. The van der Waals surface area contributed by atoms with E-state index in [9.17, 15) is 14.7 Å². The van der Waals surface area contributed by atoms with Crippen LogP contribution in [0.1, 0.15) is 0 Å². The summed E-state index contributed by atoms with van der Waals surface area (Å²) in [6.45, 7) is 0. The molecule has 6 heteroatoms. The van der Waals surface area contributed by atoms with E-state index < -0.39 is 30.0 Å². The number of benzene rings is 1. The SMILES string of the molecule is COc1ccc(NC(=O)[C@H]2[C@@H](C(=O)[O-])[C@H]3C=C[C@@H]2O3)cc1. The van der Waals surface area contributed by atoms with Gasteiger partial charge in [-0.05, 0) is 24.3 Å². The number of rotatable bonds is 4. The Bertz CT molecular complexity index is 595. The van der Waals surface area contributed by atoms with Gasteiger partial charge in [0, 0.05) is 17.6 Å². The standard InChI is InChI=1S/C15H15NO5/c1-20-9-4-2-8(3-5-9)16-14(17)12-10-6-7-11(21-10)13(12)15(18)19/h2-7,10-13H,1H3,(H,16,17)(H,18,19)/p-1/t10-,11+,12+,13-/m0/s1. The first-order chi connectivity index (χ1) is 10.1. The Kier molecular flexibility index (Phi) is 3.39. The molecule has 0 unspecified atom stereocenters. The average molecular weight is 288 g/mol. The third-order valence-electron chi connectivity index (χ3n) is 3.83. The summed E-state index contributed by atoms with van der Waals surface area (Å²) < 4.78 is 10.5. The fourth-order valence-corrected chi connectivity index (χ4v) is 2.80. The molecule has 1 aromatic rings. The summed E-state index contributed by atoms with van der Waals surface area (Å²) in [6, 6.07) is 6.80. The molecule has 2 aliphatic heterocycles. The van der Waals surface area contributed by atoms with Crippen molar-refractivity contribution in [3.05, 3.63) is 36.4 Å². The molecule has 0 aliphatic carbocycles. The van der Waals surface area contributed by atoms with Gasteiger partial charge in [-0.3, -0.25) is 4.79 Å². The maximum Gasteiger partial charge on any atom is 0.231 e. The number of hydrogen-bond acceptors (Lipinski definition) is 5. The lowest BCUT2D eigenvalue weighted by atomic mass is 9.82. The van der Waals surface area contributed by atoms with Crippen LogP contribution in [0, 0.1) is 11.8 Å². The van der Waals surface area contributed by atoms with Crippen LogP contribution in [0.3, 0.4) is 0 Å². The van der Waals surface area contributed by atoms with Gasteiger partial charge in [0.1, 0.15) is 5.75 Å². The summed E-state index contributed by atoms with van der Waals surface area (Å²) in [4.78, 5) is 23.5. The van der Waals surface area contributed by atoms with Crippen molar-refractivity contribution in [1.29, 1.82) is 0 Å². The van der Waals surface area contributed by atoms with E-state index in [1.54, 1.807) is 43.5 Å². The van der Waals surface area contributed by atoms with Gasteiger partial charge in [-0.15, -0.1) is 0 Å². The number of carboxylic acid groups (broad SMARTS) is 1. The summed E-state index contributed by atoms with van der Waals surface area (Å²) in [6.07, 6.45) is 2.31. The van der Waals surface area contributed by atoms with Crippen LogP contribution in [0.2, 0.25) is 0 Å². The molecule has 110 valence electrons. The van der Waals surface area contributed by atoms with Crippen LogP contribution < -0.4 is 15.2 Å². The number of hydrogen-bond donors (Lipinski definition) is 1. The topological polar surface area (TPSA) is 87.7 Å². The summed E-state index contributed by atoms with van der Waals surface area (Å²) in [7, 11) is 1.55. The number of ether oxygens (including phenoxy) is 2. The summed E-state index contributed by atoms with van der Waals surface area (Å²) in [5.74, 6) is -2.69. The first-order valence-electron chi connectivity index (χ1n) is 6.59. The van der Waals surface area contributed by atoms with E-state index in [4.69, 9.17) is 9.47 Å². The van der Waals surface area contributed by atoms with Gasteiger partial charge in [0.05, 0.1) is 25.2 Å². The van der Waals surface area contributed by atoms with Gasteiger partial charge < -0.3 is 24.7 Å². The highest BCUT2D eigenvalue weighted by atomic mass is 16.5. The molecule has 1 amide bonds. The van der Waals surface area contributed by atoms with Crippen molar-refractivity contribution in [2.45, 2.75) is 12.2 Å². The van der Waals surface area contributed by atoms with Gasteiger partial charge in [0.25, 0.3) is 0 Å². The van der Waals surface area contributed by atoms with E-state index in [0.29, 0.717) is 11.4 Å². The first kappa shape index (κ1) is 13.6. The van der Waals surface area contributed by atoms with Crippen LogP contribution >= 0.6 is 0 Å². The molecule has 4 atom stereocenters. The van der Waals surface area contributed by atoms with Crippen molar-refractivity contribution in [3.8, 4) is 5.75 Å². The Labute approximate surface area is 121 Å². The number of fused-ring (bicyclic) bond motifs is 2. The van der Waals surface area contributed by atoms with E-state index in [-0.39, 0.29) is 5.91 Å². The van der Waals surface area contributed by atoms with Crippen molar-refractivity contribution in [3.63, 3.8) is 0 Å². The number of carbonyl (C=O) groups is 2. The second kappa shape index (κ2) is 5.21. The number of carbonyl (C=O) groups excluding carboxylic acids is 2. The molecule has 6 nitrogen and oxygen atoms in total. The van der Waals surface area contributed by atoms with Crippen LogP contribution in [-0.4, -0.2) is 31.2 Å². The van der Waals surface area contributed by atoms with E-state index in [2.05, 4.69) is 5.32 Å². The highest BCUT2D eigenvalue weighted by Crippen LogP contribution is 2.39. The molecule has 1 fully saturated rings. The van der Waals surface area contributed by atoms with E-state index in [1.165, 1.54) is 0 Å². The predicted molar refractivity (Wildman–Crippen MR) is 71.4 cm³/mol. The molecule has 0 spiro atoms. The lowest BCUT2D eigenvalue weighted by Crippen LogP contribution is -2.45. The molecular formula is C15H14NO5-. The normalized spacial score (nSPS) is 29.4. The van der Waals surface area contributed by atoms with Gasteiger partial charge in [-0.25, -0.2) is 0 Å². The van der Waals surface area contributed by atoms with Crippen LogP contribution in [0.25, 0.3) is 0 Å². The Morgan fingerprint density at radius 1 is 1.14 bits per heavy atom. The smallest absolute Gasteiger partial charge is 0.231 e. The summed E-state index contributed by atoms with van der Waals surface area (Å²) in [5.41, 5.74) is 0.574. The number of carboxylic acids is 1. The lowest BCUT2D eigenvalue weighted by Gasteiger charge is -2.24. The highest BCUT2D eigenvalue weighted by molar-refractivity contribution is 5.96. The number of aliphatic carboxylic acids is 1. The first-order valence-corrected chi connectivity index (χ1v) is 6.59. The molecule has 2 aliphatic rings. The van der Waals surface area contributed by atoms with Crippen LogP contribution in [-0.2, 0) is 14.3 Å². The zero-order valence-corrected chi connectivity index (χ0v) is 11.3. The lowest BCUT2D eigenvalue weighted by molar-refractivity contribution is -0.313. The molecule has 3 rings (SSSR count). The predicted octanol–water partition coefficient (Wildman–Crippen LogP) is -0.0468. The Balaban J connectivity index is 1.75. The van der Waals surface area contributed by atoms with Crippen LogP contribution in [0.4, 0.5) is 5.69 Å². The molecule has 0 radical (unpaired) electrons. The van der Waals surface area contributed by atoms with Crippen molar-refractivity contribution >= 4 is 17.6 Å². The molecule has 0 saturated carbocycles. The molecule has 21 heavy (non-hydrogen) atoms. The van der Waals surface area contributed by atoms with Crippen molar-refractivity contribution in [2.75, 3.05) is 12.4 Å². The fourth-order valence-electron chi connectivity index (χ4n) is 2.80. The van der Waals surface area contributed by atoms with Gasteiger partial charge in [0.2, 0.25) is 5.91 Å². The highest BCUT2D eigenvalue weighted by Gasteiger charge is 2.50. The zero-order valence-electron chi connectivity index (χ0n) is 11.3. The minimum atomic E-state index is -1.26. The van der Waals surface area contributed by atoms with Gasteiger partial charge in [-0.1, -0.05) is 12.2 Å².